The maximum atomic E-state index is 11.9. The molecule has 0 saturated heterocycles. The first kappa shape index (κ1) is 14.1. The number of hydrogen-bond donors (Lipinski definition) is 0. The SMILES string of the molecule is CCOC(=O)c1cc(OC(C)=O)c2c(c1)oc1ccccc12. The number of hydrogen-bond acceptors (Lipinski definition) is 5. The minimum atomic E-state index is -0.488. The van der Waals surface area contributed by atoms with Crippen molar-refractivity contribution in [2.24, 2.45) is 0 Å². The van der Waals surface area contributed by atoms with Crippen LogP contribution in [0.5, 0.6) is 5.75 Å². The molecular formula is C17H14O5. The van der Waals surface area contributed by atoms with E-state index in [0.717, 1.165) is 5.39 Å². The number of furan rings is 1. The lowest BCUT2D eigenvalue weighted by molar-refractivity contribution is -0.131. The van der Waals surface area contributed by atoms with E-state index in [1.54, 1.807) is 13.0 Å². The van der Waals surface area contributed by atoms with Gasteiger partial charge in [-0.1, -0.05) is 18.2 Å². The normalized spacial score (nSPS) is 10.8. The van der Waals surface area contributed by atoms with Gasteiger partial charge in [0, 0.05) is 12.3 Å². The quantitative estimate of drug-likeness (QED) is 0.545. The number of fused-ring (bicyclic) bond motifs is 3. The van der Waals surface area contributed by atoms with E-state index in [2.05, 4.69) is 0 Å². The summed E-state index contributed by atoms with van der Waals surface area (Å²) in [4.78, 5) is 23.3. The minimum absolute atomic E-state index is 0.264. The van der Waals surface area contributed by atoms with Crippen molar-refractivity contribution in [1.29, 1.82) is 0 Å². The number of rotatable bonds is 3. The van der Waals surface area contributed by atoms with Crippen molar-refractivity contribution in [3.05, 3.63) is 42.0 Å². The van der Waals surface area contributed by atoms with E-state index >= 15 is 0 Å². The van der Waals surface area contributed by atoms with Gasteiger partial charge in [-0.05, 0) is 25.1 Å². The highest BCUT2D eigenvalue weighted by Crippen LogP contribution is 2.36. The molecule has 0 atom stereocenters. The summed E-state index contributed by atoms with van der Waals surface area (Å²) in [6.45, 7) is 3.30. The molecule has 3 aromatic rings. The van der Waals surface area contributed by atoms with Gasteiger partial charge in [-0.2, -0.15) is 0 Å². The second-order valence-corrected chi connectivity index (χ2v) is 4.76. The van der Waals surface area contributed by atoms with Crippen LogP contribution < -0.4 is 4.74 Å². The van der Waals surface area contributed by atoms with Crippen LogP contribution in [0, 0.1) is 0 Å². The summed E-state index contributed by atoms with van der Waals surface area (Å²) < 4.78 is 16.0. The molecule has 0 N–H and O–H groups in total. The lowest BCUT2D eigenvalue weighted by Gasteiger charge is -2.06. The van der Waals surface area contributed by atoms with E-state index < -0.39 is 11.9 Å². The van der Waals surface area contributed by atoms with E-state index in [-0.39, 0.29) is 17.9 Å². The monoisotopic (exact) mass is 298 g/mol. The van der Waals surface area contributed by atoms with Crippen molar-refractivity contribution in [3.8, 4) is 5.75 Å². The van der Waals surface area contributed by atoms with Crippen molar-refractivity contribution in [1.82, 2.24) is 0 Å². The average molecular weight is 298 g/mol. The van der Waals surface area contributed by atoms with Crippen LogP contribution >= 0.6 is 0 Å². The highest BCUT2D eigenvalue weighted by Gasteiger charge is 2.18. The largest absolute Gasteiger partial charge is 0.462 e. The first-order valence-corrected chi connectivity index (χ1v) is 6.91. The zero-order chi connectivity index (χ0) is 15.7. The molecule has 2 aromatic carbocycles. The molecule has 0 aliphatic rings. The molecule has 1 aromatic heterocycles. The molecule has 0 saturated carbocycles. The summed E-state index contributed by atoms with van der Waals surface area (Å²) in [5.41, 5.74) is 1.42. The molecule has 5 heteroatoms. The summed E-state index contributed by atoms with van der Waals surface area (Å²) in [6, 6.07) is 10.5. The average Bonchev–Trinajstić information content (AvgIpc) is 2.85. The molecule has 0 radical (unpaired) electrons. The summed E-state index contributed by atoms with van der Waals surface area (Å²) >= 11 is 0. The molecule has 0 bridgehead atoms. The zero-order valence-electron chi connectivity index (χ0n) is 12.2. The lowest BCUT2D eigenvalue weighted by atomic mass is 10.1. The third kappa shape index (κ3) is 2.41. The molecule has 0 aliphatic carbocycles. The van der Waals surface area contributed by atoms with Crippen LogP contribution in [0.4, 0.5) is 0 Å². The molecule has 0 unspecified atom stereocenters. The number of carbonyl (C=O) groups is 2. The number of carbonyl (C=O) groups excluding carboxylic acids is 2. The van der Waals surface area contributed by atoms with Crippen LogP contribution in [0.15, 0.2) is 40.8 Å². The molecule has 0 spiro atoms. The molecule has 112 valence electrons. The van der Waals surface area contributed by atoms with Crippen molar-refractivity contribution in [2.75, 3.05) is 6.61 Å². The number of ether oxygens (including phenoxy) is 2. The number of esters is 2. The molecule has 0 amide bonds. The molecule has 0 aliphatic heterocycles. The summed E-state index contributed by atoms with van der Waals surface area (Å²) in [5.74, 6) is -0.663. The Morgan fingerprint density at radius 2 is 1.91 bits per heavy atom. The zero-order valence-corrected chi connectivity index (χ0v) is 12.2. The van der Waals surface area contributed by atoms with Crippen LogP contribution in [0.2, 0.25) is 0 Å². The summed E-state index contributed by atoms with van der Waals surface area (Å²) in [6.07, 6.45) is 0. The van der Waals surface area contributed by atoms with Crippen LogP contribution in [0.3, 0.4) is 0 Å². The van der Waals surface area contributed by atoms with Crippen molar-refractivity contribution in [2.45, 2.75) is 13.8 Å². The third-order valence-corrected chi connectivity index (χ3v) is 3.21. The minimum Gasteiger partial charge on any atom is -0.462 e. The Kier molecular flexibility index (Phi) is 3.55. The highest BCUT2D eigenvalue weighted by molar-refractivity contribution is 6.10. The van der Waals surface area contributed by atoms with Crippen molar-refractivity contribution < 1.29 is 23.5 Å². The Labute approximate surface area is 126 Å². The standard InChI is InChI=1S/C17H14O5/c1-3-20-17(19)11-8-14(21-10(2)18)16-12-6-4-5-7-13(12)22-15(16)9-11/h4-9H,3H2,1-2H3. The van der Waals surface area contributed by atoms with Gasteiger partial charge in [0.1, 0.15) is 16.9 Å². The van der Waals surface area contributed by atoms with E-state index in [9.17, 15) is 9.59 Å². The van der Waals surface area contributed by atoms with Gasteiger partial charge in [0.2, 0.25) is 0 Å². The van der Waals surface area contributed by atoms with Crippen molar-refractivity contribution in [3.63, 3.8) is 0 Å². The number of benzene rings is 2. The fourth-order valence-corrected chi connectivity index (χ4v) is 2.38. The molecule has 5 nitrogen and oxygen atoms in total. The maximum absolute atomic E-state index is 11.9. The van der Waals surface area contributed by atoms with Gasteiger partial charge < -0.3 is 13.9 Å². The molecule has 0 fully saturated rings. The Bertz CT molecular complexity index is 875. The van der Waals surface area contributed by atoms with E-state index in [4.69, 9.17) is 13.9 Å². The van der Waals surface area contributed by atoms with Gasteiger partial charge in [-0.3, -0.25) is 4.79 Å². The smallest absolute Gasteiger partial charge is 0.338 e. The Morgan fingerprint density at radius 1 is 1.14 bits per heavy atom. The summed E-state index contributed by atoms with van der Waals surface area (Å²) in [7, 11) is 0. The predicted octanol–water partition coefficient (Wildman–Crippen LogP) is 3.69. The van der Waals surface area contributed by atoms with Gasteiger partial charge in [0.05, 0.1) is 17.6 Å². The molecule has 22 heavy (non-hydrogen) atoms. The van der Waals surface area contributed by atoms with Crippen LogP contribution in [0.1, 0.15) is 24.2 Å². The van der Waals surface area contributed by atoms with Gasteiger partial charge in [-0.25, -0.2) is 4.79 Å². The Morgan fingerprint density at radius 3 is 2.64 bits per heavy atom. The van der Waals surface area contributed by atoms with Crippen LogP contribution in [-0.2, 0) is 9.53 Å². The van der Waals surface area contributed by atoms with E-state index in [0.29, 0.717) is 16.6 Å². The van der Waals surface area contributed by atoms with Gasteiger partial charge in [-0.15, -0.1) is 0 Å². The first-order chi connectivity index (χ1) is 10.6. The highest BCUT2D eigenvalue weighted by atomic mass is 16.5. The summed E-state index contributed by atoms with van der Waals surface area (Å²) in [5, 5.41) is 1.49. The second kappa shape index (κ2) is 5.52. The van der Waals surface area contributed by atoms with Gasteiger partial charge in [0.25, 0.3) is 0 Å². The van der Waals surface area contributed by atoms with Crippen LogP contribution in [-0.4, -0.2) is 18.5 Å². The molecule has 3 rings (SSSR count). The van der Waals surface area contributed by atoms with Gasteiger partial charge in [0.15, 0.2) is 0 Å². The first-order valence-electron chi connectivity index (χ1n) is 6.91. The second-order valence-electron chi connectivity index (χ2n) is 4.76. The fraction of sp³-hybridized carbons (Fsp3) is 0.176. The molecule has 1 heterocycles. The van der Waals surface area contributed by atoms with Crippen molar-refractivity contribution >= 4 is 33.9 Å². The lowest BCUT2D eigenvalue weighted by Crippen LogP contribution is -2.07. The van der Waals surface area contributed by atoms with Gasteiger partial charge >= 0.3 is 11.9 Å². The Balaban J connectivity index is 2.28. The fourth-order valence-electron chi connectivity index (χ4n) is 2.38. The molecular weight excluding hydrogens is 284 g/mol. The van der Waals surface area contributed by atoms with E-state index in [1.165, 1.54) is 13.0 Å². The third-order valence-electron chi connectivity index (χ3n) is 3.21. The number of para-hydroxylation sites is 1. The topological polar surface area (TPSA) is 65.7 Å². The maximum Gasteiger partial charge on any atom is 0.338 e. The predicted molar refractivity (Wildman–Crippen MR) is 81.0 cm³/mol. The Hall–Kier alpha value is -2.82. The van der Waals surface area contributed by atoms with E-state index in [1.807, 2.05) is 24.3 Å². The van der Waals surface area contributed by atoms with Crippen LogP contribution in [0.25, 0.3) is 21.9 Å².